The maximum absolute atomic E-state index is 11.0. The maximum Gasteiger partial charge on any atom is 0.295 e. The molecule has 0 saturated carbocycles. The van der Waals surface area contributed by atoms with Crippen molar-refractivity contribution >= 4 is 11.0 Å². The smallest absolute Gasteiger partial charge is 0.295 e. The summed E-state index contributed by atoms with van der Waals surface area (Å²) in [5.74, 6) is 0.392. The lowest BCUT2D eigenvalue weighted by molar-refractivity contribution is -0.771. The van der Waals surface area contributed by atoms with Crippen LogP contribution in [0.5, 0.6) is 0 Å². The number of hydroxylamine groups is 2. The van der Waals surface area contributed by atoms with E-state index in [2.05, 4.69) is 5.32 Å². The zero-order chi connectivity index (χ0) is 21.1. The summed E-state index contributed by atoms with van der Waals surface area (Å²) in [5.41, 5.74) is 1.22. The van der Waals surface area contributed by atoms with Crippen LogP contribution in [0.25, 0.3) is 11.0 Å². The van der Waals surface area contributed by atoms with Gasteiger partial charge in [-0.25, -0.2) is 0 Å². The molecule has 1 aliphatic heterocycles. The first-order valence-electron chi connectivity index (χ1n) is 9.37. The fraction of sp³-hybridized carbons (Fsp3) is 0.600. The van der Waals surface area contributed by atoms with Crippen LogP contribution in [0.2, 0.25) is 0 Å². The summed E-state index contributed by atoms with van der Waals surface area (Å²) in [4.78, 5) is 15.9. The molecule has 2 heterocycles. The highest BCUT2D eigenvalue weighted by Crippen LogP contribution is 2.49. The number of furan rings is 1. The zero-order valence-corrected chi connectivity index (χ0v) is 17.5. The monoisotopic (exact) mass is 391 g/mol. The van der Waals surface area contributed by atoms with Crippen molar-refractivity contribution in [2.75, 3.05) is 6.54 Å². The lowest BCUT2D eigenvalue weighted by Crippen LogP contribution is -2.42. The normalized spacial score (nSPS) is 19.6. The minimum Gasteiger partial charge on any atom is -0.459 e. The molecule has 0 spiro atoms. The number of hydrogen-bond acceptors (Lipinski definition) is 7. The molecule has 2 aromatic rings. The van der Waals surface area contributed by atoms with Gasteiger partial charge in [-0.3, -0.25) is 0 Å². The van der Waals surface area contributed by atoms with Crippen LogP contribution in [0.1, 0.15) is 71.5 Å². The van der Waals surface area contributed by atoms with E-state index in [9.17, 15) is 15.3 Å². The van der Waals surface area contributed by atoms with Crippen molar-refractivity contribution < 1.29 is 19.5 Å². The van der Waals surface area contributed by atoms with Gasteiger partial charge < -0.3 is 19.8 Å². The Morgan fingerprint density at radius 3 is 2.32 bits per heavy atom. The minimum atomic E-state index is -0.855. The highest BCUT2D eigenvalue weighted by molar-refractivity contribution is 5.81. The first kappa shape index (κ1) is 20.6. The van der Waals surface area contributed by atoms with Gasteiger partial charge in [0.2, 0.25) is 0 Å². The second-order valence-electron chi connectivity index (χ2n) is 9.46. The van der Waals surface area contributed by atoms with Gasteiger partial charge >= 0.3 is 0 Å². The van der Waals surface area contributed by atoms with Gasteiger partial charge in [-0.05, 0) is 77.8 Å². The fourth-order valence-electron chi connectivity index (χ4n) is 3.90. The predicted molar refractivity (Wildman–Crippen MR) is 104 cm³/mol. The van der Waals surface area contributed by atoms with Gasteiger partial charge in [-0.15, -0.1) is 10.1 Å². The van der Waals surface area contributed by atoms with Crippen molar-refractivity contribution in [3.8, 4) is 0 Å². The topological polar surface area (TPSA) is 101 Å². The standard InChI is InChI=1S/C20H29N3O5/c1-18(2,3)21-11-17(28-23(25)26)16-9-12-8-13-14(10-15(12)27-16)20(6,7)22(24)19(13,4)5/h8-10,17,21,24H,11H2,1-7H3. The van der Waals surface area contributed by atoms with E-state index in [0.717, 1.165) is 16.5 Å². The van der Waals surface area contributed by atoms with Crippen molar-refractivity contribution in [3.05, 3.63) is 45.2 Å². The molecular weight excluding hydrogens is 362 g/mol. The SMILES string of the molecule is CC(C)(C)NCC(O[N+](=O)[O-])c1cc2cc3c(cc2o1)C(C)(C)N(O)C3(C)C. The van der Waals surface area contributed by atoms with E-state index in [-0.39, 0.29) is 12.1 Å². The van der Waals surface area contributed by atoms with Gasteiger partial charge in [0.1, 0.15) is 11.3 Å². The Labute approximate surface area is 164 Å². The Hall–Kier alpha value is -2.16. The number of fused-ring (bicyclic) bond motifs is 2. The highest BCUT2D eigenvalue weighted by atomic mass is 17.0. The van der Waals surface area contributed by atoms with Crippen LogP contribution in [0.15, 0.2) is 22.6 Å². The molecule has 8 heteroatoms. The third-order valence-electron chi connectivity index (χ3n) is 5.40. The fourth-order valence-corrected chi connectivity index (χ4v) is 3.90. The molecule has 1 unspecified atom stereocenters. The van der Waals surface area contributed by atoms with Gasteiger partial charge in [0.15, 0.2) is 6.10 Å². The molecule has 1 aromatic carbocycles. The second-order valence-corrected chi connectivity index (χ2v) is 9.46. The largest absolute Gasteiger partial charge is 0.459 e. The summed E-state index contributed by atoms with van der Waals surface area (Å²) in [7, 11) is 0. The van der Waals surface area contributed by atoms with Crippen LogP contribution in [0, 0.1) is 10.1 Å². The molecule has 0 radical (unpaired) electrons. The molecule has 0 amide bonds. The quantitative estimate of drug-likeness (QED) is 0.580. The third kappa shape index (κ3) is 3.47. The lowest BCUT2D eigenvalue weighted by Gasteiger charge is -2.34. The number of rotatable bonds is 5. The molecule has 1 aliphatic rings. The Morgan fingerprint density at radius 2 is 1.79 bits per heavy atom. The van der Waals surface area contributed by atoms with E-state index in [1.54, 1.807) is 6.07 Å². The van der Waals surface area contributed by atoms with Gasteiger partial charge in [0, 0.05) is 17.5 Å². The Balaban J connectivity index is 2.03. The molecule has 3 rings (SSSR count). The van der Waals surface area contributed by atoms with Crippen LogP contribution in [0.3, 0.4) is 0 Å². The number of benzene rings is 1. The molecule has 0 fully saturated rings. The maximum atomic E-state index is 11.0. The van der Waals surface area contributed by atoms with Gasteiger partial charge in [0.25, 0.3) is 5.09 Å². The van der Waals surface area contributed by atoms with E-state index in [1.807, 2.05) is 60.6 Å². The number of hydrogen-bond donors (Lipinski definition) is 2. The van der Waals surface area contributed by atoms with Crippen LogP contribution in [-0.2, 0) is 15.9 Å². The van der Waals surface area contributed by atoms with E-state index in [1.165, 1.54) is 5.06 Å². The van der Waals surface area contributed by atoms with Crippen molar-refractivity contribution in [2.45, 2.75) is 71.2 Å². The minimum absolute atomic E-state index is 0.218. The number of nitrogens with zero attached hydrogens (tertiary/aromatic N) is 2. The van der Waals surface area contributed by atoms with E-state index < -0.39 is 22.3 Å². The van der Waals surface area contributed by atoms with Gasteiger partial charge in [-0.2, -0.15) is 5.06 Å². The summed E-state index contributed by atoms with van der Waals surface area (Å²) in [6, 6.07) is 5.67. The first-order valence-corrected chi connectivity index (χ1v) is 9.37. The molecule has 8 nitrogen and oxygen atoms in total. The average molecular weight is 391 g/mol. The summed E-state index contributed by atoms with van der Waals surface area (Å²) >= 11 is 0. The van der Waals surface area contributed by atoms with E-state index in [0.29, 0.717) is 11.3 Å². The molecule has 1 aromatic heterocycles. The van der Waals surface area contributed by atoms with Crippen LogP contribution in [-0.4, -0.2) is 27.4 Å². The van der Waals surface area contributed by atoms with Crippen LogP contribution < -0.4 is 5.32 Å². The molecule has 0 bridgehead atoms. The van der Waals surface area contributed by atoms with Crippen molar-refractivity contribution in [3.63, 3.8) is 0 Å². The summed E-state index contributed by atoms with van der Waals surface area (Å²) in [5, 5.41) is 26.2. The zero-order valence-electron chi connectivity index (χ0n) is 17.5. The van der Waals surface area contributed by atoms with Crippen molar-refractivity contribution in [1.82, 2.24) is 10.4 Å². The lowest BCUT2D eigenvalue weighted by atomic mass is 9.89. The number of nitrogens with one attached hydrogen (secondary N) is 1. The molecule has 0 saturated heterocycles. The van der Waals surface area contributed by atoms with Crippen LogP contribution in [0.4, 0.5) is 0 Å². The molecule has 0 aliphatic carbocycles. The predicted octanol–water partition coefficient (Wildman–Crippen LogP) is 4.25. The van der Waals surface area contributed by atoms with Gasteiger partial charge in [0.05, 0.1) is 11.1 Å². The van der Waals surface area contributed by atoms with E-state index >= 15 is 0 Å². The molecular formula is C20H29N3O5. The molecule has 28 heavy (non-hydrogen) atoms. The second kappa shape index (κ2) is 6.43. The van der Waals surface area contributed by atoms with Crippen LogP contribution >= 0.6 is 0 Å². The third-order valence-corrected chi connectivity index (χ3v) is 5.40. The Kier molecular flexibility index (Phi) is 4.73. The summed E-state index contributed by atoms with van der Waals surface area (Å²) in [6.07, 6.45) is -0.855. The van der Waals surface area contributed by atoms with Crippen molar-refractivity contribution in [2.24, 2.45) is 0 Å². The van der Waals surface area contributed by atoms with E-state index in [4.69, 9.17) is 9.25 Å². The average Bonchev–Trinajstić information content (AvgIpc) is 3.02. The molecule has 154 valence electrons. The summed E-state index contributed by atoms with van der Waals surface area (Å²) in [6.45, 7) is 14.0. The Morgan fingerprint density at radius 1 is 1.21 bits per heavy atom. The first-order chi connectivity index (χ1) is 12.7. The van der Waals surface area contributed by atoms with Gasteiger partial charge in [-0.1, -0.05) is 0 Å². The highest BCUT2D eigenvalue weighted by Gasteiger charge is 2.49. The molecule has 2 N–H and O–H groups in total. The molecule has 1 atom stereocenters. The Bertz CT molecular complexity index is 857. The van der Waals surface area contributed by atoms with Crippen molar-refractivity contribution in [1.29, 1.82) is 0 Å². The summed E-state index contributed by atoms with van der Waals surface area (Å²) < 4.78 is 5.95.